The molecule has 0 spiro atoms. The second-order valence-electron chi connectivity index (χ2n) is 6.57. The third-order valence-corrected chi connectivity index (χ3v) is 4.41. The van der Waals surface area contributed by atoms with E-state index in [4.69, 9.17) is 4.74 Å². The predicted octanol–water partition coefficient (Wildman–Crippen LogP) is 2.50. The number of nitrogens with one attached hydrogen (secondary N) is 2. The monoisotopic (exact) mass is 332 g/mol. The minimum absolute atomic E-state index is 0.145. The molecule has 24 heavy (non-hydrogen) atoms. The zero-order chi connectivity index (χ0) is 17.7. The summed E-state index contributed by atoms with van der Waals surface area (Å²) in [5.74, 6) is -1.31. The quantitative estimate of drug-likeness (QED) is 0.641. The zero-order valence-corrected chi connectivity index (χ0v) is 14.3. The number of benzene rings is 1. The maximum absolute atomic E-state index is 12.6. The number of esters is 1. The first kappa shape index (κ1) is 18.0. The molecule has 130 valence electrons. The van der Waals surface area contributed by atoms with Crippen LogP contribution in [-0.2, 0) is 14.3 Å². The summed E-state index contributed by atoms with van der Waals surface area (Å²) in [4.78, 5) is 36.8. The predicted molar refractivity (Wildman–Crippen MR) is 90.6 cm³/mol. The van der Waals surface area contributed by atoms with Gasteiger partial charge in [-0.2, -0.15) is 0 Å². The van der Waals surface area contributed by atoms with Crippen molar-refractivity contribution >= 4 is 23.5 Å². The van der Waals surface area contributed by atoms with Crippen molar-refractivity contribution in [2.75, 3.05) is 12.4 Å². The number of hydrogen-bond donors (Lipinski definition) is 2. The topological polar surface area (TPSA) is 84.5 Å². The van der Waals surface area contributed by atoms with Crippen LogP contribution in [0.4, 0.5) is 5.69 Å². The summed E-state index contributed by atoms with van der Waals surface area (Å²) in [6.07, 6.45) is 4.11. The van der Waals surface area contributed by atoms with Gasteiger partial charge in [-0.1, -0.05) is 25.0 Å². The van der Waals surface area contributed by atoms with Crippen molar-refractivity contribution in [3.05, 3.63) is 29.8 Å². The molecule has 0 unspecified atom stereocenters. The van der Waals surface area contributed by atoms with Gasteiger partial charge in [-0.05, 0) is 38.8 Å². The van der Waals surface area contributed by atoms with Gasteiger partial charge < -0.3 is 15.4 Å². The molecule has 0 aromatic heterocycles. The number of carbonyl (C=O) groups excluding carboxylic acids is 3. The average molecular weight is 332 g/mol. The number of ether oxygens (including phenoxy) is 1. The van der Waals surface area contributed by atoms with Gasteiger partial charge in [-0.15, -0.1) is 0 Å². The number of rotatable bonds is 5. The standard InChI is InChI=1S/C18H24N2O4/c1-18(2,16(22)19-12-8-4-5-9-12)17(23)20-14-11-7-6-10-13(14)15(21)24-3/h6-7,10-12H,4-5,8-9H2,1-3H3,(H,19,22)(H,20,23). The number of amides is 2. The van der Waals surface area contributed by atoms with Gasteiger partial charge in [-0.25, -0.2) is 4.79 Å². The molecular formula is C18H24N2O4. The van der Waals surface area contributed by atoms with Gasteiger partial charge in [0.25, 0.3) is 0 Å². The number of para-hydroxylation sites is 1. The minimum atomic E-state index is -1.24. The maximum Gasteiger partial charge on any atom is 0.339 e. The Balaban J connectivity index is 2.10. The summed E-state index contributed by atoms with van der Waals surface area (Å²) in [7, 11) is 1.28. The molecule has 0 heterocycles. The Hall–Kier alpha value is -2.37. The van der Waals surface area contributed by atoms with Crippen LogP contribution in [-0.4, -0.2) is 30.9 Å². The lowest BCUT2D eigenvalue weighted by molar-refractivity contribution is -0.138. The first-order chi connectivity index (χ1) is 11.4. The Labute approximate surface area is 142 Å². The largest absolute Gasteiger partial charge is 0.465 e. The molecular weight excluding hydrogens is 308 g/mol. The van der Waals surface area contributed by atoms with E-state index in [0.29, 0.717) is 5.69 Å². The van der Waals surface area contributed by atoms with E-state index in [9.17, 15) is 14.4 Å². The summed E-state index contributed by atoms with van der Waals surface area (Å²) in [5, 5.41) is 5.61. The molecule has 0 bridgehead atoms. The Morgan fingerprint density at radius 3 is 2.33 bits per heavy atom. The third-order valence-electron chi connectivity index (χ3n) is 4.41. The lowest BCUT2D eigenvalue weighted by Gasteiger charge is -2.25. The smallest absolute Gasteiger partial charge is 0.339 e. The van der Waals surface area contributed by atoms with Crippen LogP contribution in [0.5, 0.6) is 0 Å². The maximum atomic E-state index is 12.6. The van der Waals surface area contributed by atoms with Crippen molar-refractivity contribution < 1.29 is 19.1 Å². The Kier molecular flexibility index (Phi) is 5.59. The van der Waals surface area contributed by atoms with Crippen LogP contribution in [0.15, 0.2) is 24.3 Å². The van der Waals surface area contributed by atoms with E-state index in [1.807, 2.05) is 0 Å². The lowest BCUT2D eigenvalue weighted by Crippen LogP contribution is -2.48. The van der Waals surface area contributed by atoms with Crippen LogP contribution < -0.4 is 10.6 Å². The summed E-state index contributed by atoms with van der Waals surface area (Å²) < 4.78 is 4.71. The number of carbonyl (C=O) groups is 3. The molecule has 2 rings (SSSR count). The number of methoxy groups -OCH3 is 1. The fourth-order valence-corrected chi connectivity index (χ4v) is 2.70. The second kappa shape index (κ2) is 7.47. The third kappa shape index (κ3) is 3.93. The van der Waals surface area contributed by atoms with E-state index in [2.05, 4.69) is 10.6 Å². The van der Waals surface area contributed by atoms with Crippen molar-refractivity contribution in [1.29, 1.82) is 0 Å². The van der Waals surface area contributed by atoms with Gasteiger partial charge in [0.1, 0.15) is 5.41 Å². The van der Waals surface area contributed by atoms with Gasteiger partial charge in [0, 0.05) is 6.04 Å². The van der Waals surface area contributed by atoms with Crippen molar-refractivity contribution in [2.45, 2.75) is 45.6 Å². The Morgan fingerprint density at radius 2 is 1.71 bits per heavy atom. The van der Waals surface area contributed by atoms with Crippen molar-refractivity contribution in [3.63, 3.8) is 0 Å². The highest BCUT2D eigenvalue weighted by atomic mass is 16.5. The number of hydrogen-bond acceptors (Lipinski definition) is 4. The van der Waals surface area contributed by atoms with Crippen LogP contribution in [0, 0.1) is 5.41 Å². The number of anilines is 1. The van der Waals surface area contributed by atoms with Crippen molar-refractivity contribution in [1.82, 2.24) is 5.32 Å². The molecule has 6 nitrogen and oxygen atoms in total. The summed E-state index contributed by atoms with van der Waals surface area (Å²) in [5.41, 5.74) is -0.664. The molecule has 2 amide bonds. The van der Waals surface area contributed by atoms with Gasteiger partial charge in [0.2, 0.25) is 11.8 Å². The molecule has 0 saturated heterocycles. The highest BCUT2D eigenvalue weighted by molar-refractivity contribution is 6.11. The van der Waals surface area contributed by atoms with E-state index in [1.54, 1.807) is 38.1 Å². The summed E-state index contributed by atoms with van der Waals surface area (Å²) in [6.45, 7) is 3.15. The van der Waals surface area contributed by atoms with Crippen molar-refractivity contribution in [3.8, 4) is 0 Å². The molecule has 0 aliphatic heterocycles. The van der Waals surface area contributed by atoms with Gasteiger partial charge in [0.15, 0.2) is 0 Å². The van der Waals surface area contributed by atoms with Gasteiger partial charge in [-0.3, -0.25) is 9.59 Å². The second-order valence-corrected chi connectivity index (χ2v) is 6.57. The van der Waals surface area contributed by atoms with Gasteiger partial charge >= 0.3 is 5.97 Å². The van der Waals surface area contributed by atoms with Crippen LogP contribution in [0.1, 0.15) is 49.9 Å². The SMILES string of the molecule is COC(=O)c1ccccc1NC(=O)C(C)(C)C(=O)NC1CCCC1. The molecule has 2 N–H and O–H groups in total. The van der Waals surface area contributed by atoms with E-state index < -0.39 is 17.3 Å². The van der Waals surface area contributed by atoms with Crippen LogP contribution in [0.25, 0.3) is 0 Å². The first-order valence-corrected chi connectivity index (χ1v) is 8.16. The molecule has 1 aliphatic carbocycles. The van der Waals surface area contributed by atoms with Crippen molar-refractivity contribution in [2.24, 2.45) is 5.41 Å². The molecule has 1 aliphatic rings. The summed E-state index contributed by atoms with van der Waals surface area (Å²) in [6, 6.07) is 6.70. The highest BCUT2D eigenvalue weighted by Gasteiger charge is 2.37. The molecule has 1 aromatic carbocycles. The van der Waals surface area contributed by atoms with E-state index in [0.717, 1.165) is 25.7 Å². The highest BCUT2D eigenvalue weighted by Crippen LogP contribution is 2.24. The average Bonchev–Trinajstić information content (AvgIpc) is 3.07. The fraction of sp³-hybridized carbons (Fsp3) is 0.500. The normalized spacial score (nSPS) is 15.0. The van der Waals surface area contributed by atoms with Crippen LogP contribution in [0.3, 0.4) is 0 Å². The fourth-order valence-electron chi connectivity index (χ4n) is 2.70. The van der Waals surface area contributed by atoms with Crippen LogP contribution >= 0.6 is 0 Å². The zero-order valence-electron chi connectivity index (χ0n) is 14.3. The first-order valence-electron chi connectivity index (χ1n) is 8.16. The molecule has 1 fully saturated rings. The van der Waals surface area contributed by atoms with Crippen LogP contribution in [0.2, 0.25) is 0 Å². The Morgan fingerprint density at radius 1 is 1.08 bits per heavy atom. The van der Waals surface area contributed by atoms with E-state index in [1.165, 1.54) is 7.11 Å². The lowest BCUT2D eigenvalue weighted by atomic mass is 9.90. The summed E-state index contributed by atoms with van der Waals surface area (Å²) >= 11 is 0. The molecule has 0 radical (unpaired) electrons. The minimum Gasteiger partial charge on any atom is -0.465 e. The molecule has 1 aromatic rings. The molecule has 0 atom stereocenters. The molecule has 1 saturated carbocycles. The molecule has 6 heteroatoms. The van der Waals surface area contributed by atoms with E-state index in [-0.39, 0.29) is 17.5 Å². The van der Waals surface area contributed by atoms with E-state index >= 15 is 0 Å². The van der Waals surface area contributed by atoms with Gasteiger partial charge in [0.05, 0.1) is 18.4 Å². The Bertz CT molecular complexity index is 634.